The molecular weight excluding hydrogens is 439 g/mol. The molecule has 1 amide bonds. The highest BCUT2D eigenvalue weighted by atomic mass is 35.5. The summed E-state index contributed by atoms with van der Waals surface area (Å²) in [6.45, 7) is 1.07. The van der Waals surface area contributed by atoms with E-state index in [4.69, 9.17) is 11.6 Å². The molecule has 1 saturated heterocycles. The lowest BCUT2D eigenvalue weighted by molar-refractivity contribution is 0.0770. The number of carbonyl (C=O) groups excluding carboxylic acids is 1. The van der Waals surface area contributed by atoms with Crippen LogP contribution >= 0.6 is 11.6 Å². The number of aromatic nitrogens is 1. The summed E-state index contributed by atoms with van der Waals surface area (Å²) in [6.07, 6.45) is 3.30. The molecule has 4 nitrogen and oxygen atoms in total. The first-order chi connectivity index (χ1) is 15.9. The first-order valence-electron chi connectivity index (χ1n) is 11.5. The van der Waals surface area contributed by atoms with Crippen LogP contribution in [0.2, 0.25) is 5.15 Å². The minimum absolute atomic E-state index is 0.143. The molecule has 33 heavy (non-hydrogen) atoms. The zero-order chi connectivity index (χ0) is 22.7. The number of aliphatic hydroxyl groups is 1. The Morgan fingerprint density at radius 1 is 1.12 bits per heavy atom. The third-order valence-electron chi connectivity index (χ3n) is 7.52. The van der Waals surface area contributed by atoms with E-state index in [1.54, 1.807) is 4.90 Å². The van der Waals surface area contributed by atoms with Gasteiger partial charge in [-0.2, -0.15) is 0 Å². The minimum Gasteiger partial charge on any atom is -0.388 e. The van der Waals surface area contributed by atoms with Crippen LogP contribution < -0.4 is 0 Å². The quantitative estimate of drug-likeness (QED) is 0.512. The van der Waals surface area contributed by atoms with E-state index in [2.05, 4.69) is 47.4 Å². The highest BCUT2D eigenvalue weighted by molar-refractivity contribution is 6.29. The molecule has 1 aromatic heterocycles. The standard InChI is InChI=1S/C27H24ClFN2O2/c28-25-22(29)9-10-23(30-25)26(33)31-12-11-27(15-31)14-24(32)20-13-17(7-8-21(20)27)19-4-2-1-3-18(19)16-5-6-16/h1-4,7-10,13,16,24,32H,5-6,11-12,14-15H2. The Hall–Kier alpha value is -2.76. The van der Waals surface area contributed by atoms with Crippen LogP contribution in [0.3, 0.4) is 0 Å². The average Bonchev–Trinajstić information content (AvgIpc) is 3.54. The molecule has 2 fully saturated rings. The maximum Gasteiger partial charge on any atom is 0.272 e. The molecule has 2 unspecified atom stereocenters. The third kappa shape index (κ3) is 3.46. The highest BCUT2D eigenvalue weighted by Gasteiger charge is 2.49. The molecule has 2 heterocycles. The Morgan fingerprint density at radius 3 is 2.73 bits per heavy atom. The number of rotatable bonds is 3. The summed E-state index contributed by atoms with van der Waals surface area (Å²) in [5.41, 5.74) is 5.75. The van der Waals surface area contributed by atoms with E-state index >= 15 is 0 Å². The van der Waals surface area contributed by atoms with Crippen LogP contribution in [0, 0.1) is 5.82 Å². The number of benzene rings is 2. The lowest BCUT2D eigenvalue weighted by Gasteiger charge is -2.25. The maximum atomic E-state index is 13.5. The third-order valence-corrected chi connectivity index (χ3v) is 7.78. The largest absolute Gasteiger partial charge is 0.388 e. The Balaban J connectivity index is 1.30. The lowest BCUT2D eigenvalue weighted by atomic mass is 9.80. The van der Waals surface area contributed by atoms with Crippen LogP contribution in [-0.2, 0) is 5.41 Å². The van der Waals surface area contributed by atoms with Gasteiger partial charge in [-0.15, -0.1) is 0 Å². The van der Waals surface area contributed by atoms with Gasteiger partial charge in [0, 0.05) is 18.5 Å². The molecular formula is C27H24ClFN2O2. The molecule has 3 aliphatic rings. The zero-order valence-corrected chi connectivity index (χ0v) is 18.9. The summed E-state index contributed by atoms with van der Waals surface area (Å²) in [5, 5.41) is 10.7. The van der Waals surface area contributed by atoms with Gasteiger partial charge < -0.3 is 10.0 Å². The van der Waals surface area contributed by atoms with Crippen molar-refractivity contribution in [3.05, 3.63) is 88.0 Å². The van der Waals surface area contributed by atoms with Gasteiger partial charge in [0.25, 0.3) is 5.91 Å². The molecule has 2 aliphatic carbocycles. The smallest absolute Gasteiger partial charge is 0.272 e. The number of hydrogen-bond donors (Lipinski definition) is 1. The number of hydrogen-bond acceptors (Lipinski definition) is 3. The van der Waals surface area contributed by atoms with Crippen molar-refractivity contribution in [1.29, 1.82) is 0 Å². The number of halogens is 2. The molecule has 1 spiro atoms. The van der Waals surface area contributed by atoms with Gasteiger partial charge in [-0.3, -0.25) is 4.79 Å². The van der Waals surface area contributed by atoms with Crippen molar-refractivity contribution in [2.45, 2.75) is 43.1 Å². The lowest BCUT2D eigenvalue weighted by Crippen LogP contribution is -2.34. The van der Waals surface area contributed by atoms with E-state index in [0.717, 1.165) is 23.1 Å². The number of carbonyl (C=O) groups is 1. The van der Waals surface area contributed by atoms with Crippen molar-refractivity contribution in [3.63, 3.8) is 0 Å². The van der Waals surface area contributed by atoms with Crippen LogP contribution in [-0.4, -0.2) is 34.0 Å². The van der Waals surface area contributed by atoms with Crippen LogP contribution in [0.15, 0.2) is 54.6 Å². The van der Waals surface area contributed by atoms with E-state index in [-0.39, 0.29) is 22.2 Å². The topological polar surface area (TPSA) is 53.4 Å². The molecule has 6 heteroatoms. The minimum atomic E-state index is -0.641. The second-order valence-electron chi connectivity index (χ2n) is 9.61. The van der Waals surface area contributed by atoms with Crippen molar-refractivity contribution < 1.29 is 14.3 Å². The van der Waals surface area contributed by atoms with Crippen molar-refractivity contribution in [3.8, 4) is 11.1 Å². The van der Waals surface area contributed by atoms with Gasteiger partial charge in [-0.05, 0) is 77.6 Å². The molecule has 1 saturated carbocycles. The van der Waals surface area contributed by atoms with Crippen molar-refractivity contribution in [2.24, 2.45) is 0 Å². The normalized spacial score (nSPS) is 23.8. The molecule has 0 radical (unpaired) electrons. The Bertz CT molecular complexity index is 1270. The van der Waals surface area contributed by atoms with Gasteiger partial charge in [0.15, 0.2) is 11.0 Å². The molecule has 1 aliphatic heterocycles. The molecule has 168 valence electrons. The predicted molar refractivity (Wildman–Crippen MR) is 125 cm³/mol. The fourth-order valence-corrected chi connectivity index (χ4v) is 5.87. The summed E-state index contributed by atoms with van der Waals surface area (Å²) in [4.78, 5) is 18.7. The second kappa shape index (κ2) is 7.64. The van der Waals surface area contributed by atoms with Gasteiger partial charge >= 0.3 is 0 Å². The molecule has 2 aromatic carbocycles. The Morgan fingerprint density at radius 2 is 1.94 bits per heavy atom. The van der Waals surface area contributed by atoms with E-state index in [9.17, 15) is 14.3 Å². The molecule has 0 bridgehead atoms. The summed E-state index contributed by atoms with van der Waals surface area (Å²) in [6, 6.07) is 17.5. The monoisotopic (exact) mass is 462 g/mol. The average molecular weight is 463 g/mol. The Kier molecular flexibility index (Phi) is 4.82. The van der Waals surface area contributed by atoms with E-state index in [0.29, 0.717) is 25.4 Å². The van der Waals surface area contributed by atoms with Crippen molar-refractivity contribution in [1.82, 2.24) is 9.88 Å². The molecule has 3 aromatic rings. The number of aliphatic hydroxyl groups excluding tert-OH is 1. The maximum absolute atomic E-state index is 13.5. The number of amides is 1. The van der Waals surface area contributed by atoms with Crippen molar-refractivity contribution >= 4 is 17.5 Å². The fraction of sp³-hybridized carbons (Fsp3) is 0.333. The van der Waals surface area contributed by atoms with E-state index in [1.807, 2.05) is 0 Å². The molecule has 6 rings (SSSR count). The van der Waals surface area contributed by atoms with Gasteiger partial charge in [-0.1, -0.05) is 48.0 Å². The summed E-state index contributed by atoms with van der Waals surface area (Å²) < 4.78 is 13.5. The number of pyridine rings is 1. The first-order valence-corrected chi connectivity index (χ1v) is 11.9. The van der Waals surface area contributed by atoms with E-state index < -0.39 is 11.9 Å². The summed E-state index contributed by atoms with van der Waals surface area (Å²) in [5.74, 6) is -0.251. The first kappa shape index (κ1) is 20.8. The highest BCUT2D eigenvalue weighted by Crippen LogP contribution is 2.52. The molecule has 1 N–H and O–H groups in total. The second-order valence-corrected chi connectivity index (χ2v) is 9.97. The Labute approximate surface area is 197 Å². The summed E-state index contributed by atoms with van der Waals surface area (Å²) >= 11 is 5.78. The van der Waals surface area contributed by atoms with Crippen LogP contribution in [0.1, 0.15) is 64.9 Å². The van der Waals surface area contributed by atoms with E-state index in [1.165, 1.54) is 36.1 Å². The number of likely N-dealkylation sites (tertiary alicyclic amines) is 1. The number of fused-ring (bicyclic) bond motifs is 2. The van der Waals surface area contributed by atoms with Gasteiger partial charge in [-0.25, -0.2) is 9.37 Å². The van der Waals surface area contributed by atoms with Crippen LogP contribution in [0.4, 0.5) is 4.39 Å². The molecule has 2 atom stereocenters. The fourth-order valence-electron chi connectivity index (χ4n) is 5.72. The predicted octanol–water partition coefficient (Wildman–Crippen LogP) is 5.64. The van der Waals surface area contributed by atoms with Crippen LogP contribution in [0.25, 0.3) is 11.1 Å². The number of nitrogens with zero attached hydrogens (tertiary/aromatic N) is 2. The van der Waals surface area contributed by atoms with Gasteiger partial charge in [0.1, 0.15) is 5.69 Å². The zero-order valence-electron chi connectivity index (χ0n) is 18.1. The summed E-state index contributed by atoms with van der Waals surface area (Å²) in [7, 11) is 0. The van der Waals surface area contributed by atoms with Crippen molar-refractivity contribution in [2.75, 3.05) is 13.1 Å². The van der Waals surface area contributed by atoms with Gasteiger partial charge in [0.05, 0.1) is 6.10 Å². The van der Waals surface area contributed by atoms with Gasteiger partial charge in [0.2, 0.25) is 0 Å². The van der Waals surface area contributed by atoms with Crippen LogP contribution in [0.5, 0.6) is 0 Å². The SMILES string of the molecule is O=C(c1ccc(F)c(Cl)n1)N1CCC2(CC(O)c3cc(-c4ccccc4C4CC4)ccc32)C1.